The Morgan fingerprint density at radius 1 is 1.06 bits per heavy atom. The predicted molar refractivity (Wildman–Crippen MR) is 123 cm³/mol. The summed E-state index contributed by atoms with van der Waals surface area (Å²) in [7, 11) is 0. The van der Waals surface area contributed by atoms with Crippen molar-refractivity contribution in [2.45, 2.75) is 0 Å². The molecular weight excluding hydrogens is 436 g/mol. The van der Waals surface area contributed by atoms with Crippen LogP contribution in [0.1, 0.15) is 10.4 Å². The van der Waals surface area contributed by atoms with Crippen LogP contribution in [0.4, 0.5) is 5.69 Å². The Bertz CT molecular complexity index is 1240. The Labute approximate surface area is 187 Å². The molecule has 1 atom stereocenters. The third-order valence-electron chi connectivity index (χ3n) is 4.69. The molecular formula is C22H15ClN4O3S. The Morgan fingerprint density at radius 2 is 1.77 bits per heavy atom. The van der Waals surface area contributed by atoms with E-state index in [9.17, 15) is 14.4 Å². The molecule has 1 heterocycles. The van der Waals surface area contributed by atoms with Gasteiger partial charge in [0.25, 0.3) is 11.8 Å². The van der Waals surface area contributed by atoms with E-state index in [0.717, 1.165) is 17.0 Å². The number of hydrazone groups is 1. The normalized spacial score (nSPS) is 16.6. The molecule has 0 saturated carbocycles. The third kappa shape index (κ3) is 4.30. The van der Waals surface area contributed by atoms with Crippen LogP contribution in [0.2, 0.25) is 5.02 Å². The molecule has 3 aromatic carbocycles. The molecule has 4 rings (SSSR count). The summed E-state index contributed by atoms with van der Waals surface area (Å²) in [5, 5.41) is 8.67. The van der Waals surface area contributed by atoms with Crippen molar-refractivity contribution < 1.29 is 14.4 Å². The lowest BCUT2D eigenvalue weighted by molar-refractivity contribution is -0.130. The molecule has 0 aromatic heterocycles. The topological polar surface area (TPSA) is 90.9 Å². The van der Waals surface area contributed by atoms with Crippen LogP contribution in [0, 0.1) is 5.92 Å². The van der Waals surface area contributed by atoms with Crippen molar-refractivity contribution in [1.29, 1.82) is 0 Å². The van der Waals surface area contributed by atoms with Gasteiger partial charge in [-0.05, 0) is 59.4 Å². The fraction of sp³-hybridized carbons (Fsp3) is 0.0455. The molecule has 3 aromatic rings. The number of rotatable bonds is 4. The molecule has 0 radical (unpaired) electrons. The van der Waals surface area contributed by atoms with Crippen LogP contribution in [-0.4, -0.2) is 29.0 Å². The highest BCUT2D eigenvalue weighted by Gasteiger charge is 2.38. The molecule has 154 valence electrons. The Morgan fingerprint density at radius 3 is 2.52 bits per heavy atom. The largest absolute Gasteiger partial charge is 0.301 e. The summed E-state index contributed by atoms with van der Waals surface area (Å²) in [6.45, 7) is 0. The van der Waals surface area contributed by atoms with E-state index in [1.54, 1.807) is 36.4 Å². The van der Waals surface area contributed by atoms with E-state index >= 15 is 0 Å². The van der Waals surface area contributed by atoms with Gasteiger partial charge in [0.2, 0.25) is 5.91 Å². The number of hydrogen-bond acceptors (Lipinski definition) is 5. The number of benzene rings is 3. The van der Waals surface area contributed by atoms with Crippen molar-refractivity contribution >= 4 is 69.3 Å². The fourth-order valence-electron chi connectivity index (χ4n) is 3.12. The van der Waals surface area contributed by atoms with Crippen molar-refractivity contribution in [3.8, 4) is 0 Å². The first-order valence-corrected chi connectivity index (χ1v) is 9.99. The summed E-state index contributed by atoms with van der Waals surface area (Å²) < 4.78 is 0. The first-order chi connectivity index (χ1) is 14.9. The standard InChI is InChI=1S/C22H15ClN4O3S/c23-16-7-9-17(10-8-16)27-21(30)18(20(29)25-22(27)31)12-24-26-19(28)15-6-5-13-3-1-2-4-14(13)11-15/h1-12,18H,(H,26,28)(H,25,29,31)/b24-12-/t18-/m0/s1. The minimum atomic E-state index is -1.25. The summed E-state index contributed by atoms with van der Waals surface area (Å²) in [6.07, 6.45) is 1.08. The second-order valence-electron chi connectivity index (χ2n) is 6.70. The molecule has 7 nitrogen and oxygen atoms in total. The number of halogens is 1. The quantitative estimate of drug-likeness (QED) is 0.276. The van der Waals surface area contributed by atoms with Gasteiger partial charge in [-0.15, -0.1) is 0 Å². The Kier molecular flexibility index (Phi) is 5.75. The van der Waals surface area contributed by atoms with Crippen molar-refractivity contribution in [3.05, 3.63) is 77.3 Å². The van der Waals surface area contributed by atoms with Crippen molar-refractivity contribution in [2.75, 3.05) is 4.90 Å². The van der Waals surface area contributed by atoms with Gasteiger partial charge in [-0.3, -0.25) is 19.3 Å². The van der Waals surface area contributed by atoms with E-state index in [4.69, 9.17) is 23.8 Å². The molecule has 1 aliphatic rings. The zero-order valence-corrected chi connectivity index (χ0v) is 17.5. The lowest BCUT2D eigenvalue weighted by Crippen LogP contribution is -2.58. The molecule has 0 bridgehead atoms. The summed E-state index contributed by atoms with van der Waals surface area (Å²) in [5.74, 6) is -2.92. The van der Waals surface area contributed by atoms with E-state index in [-0.39, 0.29) is 5.11 Å². The highest BCUT2D eigenvalue weighted by atomic mass is 35.5. The molecule has 1 aliphatic heterocycles. The van der Waals surface area contributed by atoms with Gasteiger partial charge in [0.15, 0.2) is 11.0 Å². The molecule has 2 N–H and O–H groups in total. The summed E-state index contributed by atoms with van der Waals surface area (Å²) >= 11 is 11.0. The van der Waals surface area contributed by atoms with Gasteiger partial charge in [-0.2, -0.15) is 5.10 Å². The van der Waals surface area contributed by atoms with Gasteiger partial charge >= 0.3 is 0 Å². The first-order valence-electron chi connectivity index (χ1n) is 9.21. The van der Waals surface area contributed by atoms with E-state index in [1.807, 2.05) is 30.3 Å². The Balaban J connectivity index is 1.49. The second kappa shape index (κ2) is 8.63. The van der Waals surface area contributed by atoms with Crippen LogP contribution in [0.15, 0.2) is 71.8 Å². The van der Waals surface area contributed by atoms with Gasteiger partial charge in [-0.25, -0.2) is 5.43 Å². The van der Waals surface area contributed by atoms with Crippen LogP contribution >= 0.6 is 23.8 Å². The highest BCUT2D eigenvalue weighted by Crippen LogP contribution is 2.22. The number of hydrogen-bond donors (Lipinski definition) is 2. The van der Waals surface area contributed by atoms with Crippen LogP contribution < -0.4 is 15.6 Å². The monoisotopic (exact) mass is 450 g/mol. The van der Waals surface area contributed by atoms with Gasteiger partial charge in [0.05, 0.1) is 5.69 Å². The smallest absolute Gasteiger partial charge is 0.271 e. The van der Waals surface area contributed by atoms with Crippen molar-refractivity contribution in [3.63, 3.8) is 0 Å². The lowest BCUT2D eigenvalue weighted by Gasteiger charge is -2.30. The highest BCUT2D eigenvalue weighted by molar-refractivity contribution is 7.80. The number of nitrogens with one attached hydrogen (secondary N) is 2. The molecule has 31 heavy (non-hydrogen) atoms. The summed E-state index contributed by atoms with van der Waals surface area (Å²) in [6, 6.07) is 19.3. The van der Waals surface area contributed by atoms with E-state index in [2.05, 4.69) is 15.8 Å². The van der Waals surface area contributed by atoms with Crippen LogP contribution in [0.25, 0.3) is 10.8 Å². The molecule has 9 heteroatoms. The molecule has 0 aliphatic carbocycles. The number of nitrogens with zero attached hydrogens (tertiary/aromatic N) is 2. The minimum Gasteiger partial charge on any atom is -0.301 e. The molecule has 3 amide bonds. The Hall–Kier alpha value is -3.62. The summed E-state index contributed by atoms with van der Waals surface area (Å²) in [4.78, 5) is 38.7. The maximum atomic E-state index is 12.9. The second-order valence-corrected chi connectivity index (χ2v) is 7.53. The van der Waals surface area contributed by atoms with Gasteiger partial charge < -0.3 is 5.32 Å². The number of carbonyl (C=O) groups is 3. The number of thiocarbonyl (C=S) groups is 1. The zero-order chi connectivity index (χ0) is 22.0. The fourth-order valence-corrected chi connectivity index (χ4v) is 3.54. The third-order valence-corrected chi connectivity index (χ3v) is 5.22. The number of fused-ring (bicyclic) bond motifs is 1. The number of carbonyl (C=O) groups excluding carboxylic acids is 3. The van der Waals surface area contributed by atoms with Gasteiger partial charge in [0, 0.05) is 16.8 Å². The molecule has 1 fully saturated rings. The van der Waals surface area contributed by atoms with Crippen molar-refractivity contribution in [2.24, 2.45) is 11.0 Å². The maximum absolute atomic E-state index is 12.9. The van der Waals surface area contributed by atoms with Crippen LogP contribution in [0.5, 0.6) is 0 Å². The average molecular weight is 451 g/mol. The zero-order valence-electron chi connectivity index (χ0n) is 15.9. The van der Waals surface area contributed by atoms with Gasteiger partial charge in [0.1, 0.15) is 0 Å². The lowest BCUT2D eigenvalue weighted by atomic mass is 10.1. The van der Waals surface area contributed by atoms with Gasteiger partial charge in [-0.1, -0.05) is 41.9 Å². The van der Waals surface area contributed by atoms with Crippen LogP contribution in [-0.2, 0) is 9.59 Å². The molecule has 1 saturated heterocycles. The van der Waals surface area contributed by atoms with E-state index in [1.165, 1.54) is 4.90 Å². The SMILES string of the molecule is O=C(N/N=C\[C@H]1C(=O)NC(=S)N(c2ccc(Cl)cc2)C1=O)c1ccc2ccccc2c1. The molecule has 0 spiro atoms. The first kappa shape index (κ1) is 20.6. The maximum Gasteiger partial charge on any atom is 0.271 e. The average Bonchev–Trinajstić information content (AvgIpc) is 2.76. The number of amides is 3. The van der Waals surface area contributed by atoms with Crippen LogP contribution in [0.3, 0.4) is 0 Å². The molecule has 0 unspecified atom stereocenters. The summed E-state index contributed by atoms with van der Waals surface area (Å²) in [5.41, 5.74) is 3.21. The van der Waals surface area contributed by atoms with E-state index in [0.29, 0.717) is 16.3 Å². The number of anilines is 1. The van der Waals surface area contributed by atoms with E-state index < -0.39 is 23.6 Å². The van der Waals surface area contributed by atoms with Crippen molar-refractivity contribution in [1.82, 2.24) is 10.7 Å². The minimum absolute atomic E-state index is 0.0397. The predicted octanol–water partition coefficient (Wildman–Crippen LogP) is 3.27.